The molecule has 0 saturated heterocycles. The molecule has 0 aliphatic carbocycles. The molecule has 2 N–H and O–H groups in total. The number of fused-ring (bicyclic) bond motifs is 1. The third-order valence-electron chi connectivity index (χ3n) is 4.03. The smallest absolute Gasteiger partial charge is 0.348 e. The first-order chi connectivity index (χ1) is 13.0. The molecule has 0 aliphatic heterocycles. The van der Waals surface area contributed by atoms with Crippen molar-refractivity contribution in [1.82, 2.24) is 9.97 Å². The number of aromatic amines is 1. The van der Waals surface area contributed by atoms with Gasteiger partial charge < -0.3 is 19.8 Å². The fraction of sp³-hybridized carbons (Fsp3) is 0.316. The second-order valence-electron chi connectivity index (χ2n) is 6.10. The van der Waals surface area contributed by atoms with Gasteiger partial charge in [-0.25, -0.2) is 9.78 Å². The first-order valence-electron chi connectivity index (χ1n) is 8.48. The van der Waals surface area contributed by atoms with Crippen molar-refractivity contribution in [2.45, 2.75) is 20.4 Å². The van der Waals surface area contributed by atoms with E-state index in [1.165, 1.54) is 18.4 Å². The van der Waals surface area contributed by atoms with Crippen LogP contribution >= 0.6 is 11.3 Å². The van der Waals surface area contributed by atoms with Crippen molar-refractivity contribution < 1.29 is 14.3 Å². The highest BCUT2D eigenvalue weighted by atomic mass is 32.1. The maximum absolute atomic E-state index is 12.5. The number of ether oxygens (including phenoxy) is 2. The molecule has 0 radical (unpaired) electrons. The second-order valence-corrected chi connectivity index (χ2v) is 7.10. The largest absolute Gasteiger partial charge is 0.459 e. The zero-order valence-electron chi connectivity index (χ0n) is 15.4. The number of methoxy groups -OCH3 is 1. The molecule has 3 rings (SSSR count). The van der Waals surface area contributed by atoms with Gasteiger partial charge in [0, 0.05) is 12.8 Å². The van der Waals surface area contributed by atoms with Crippen molar-refractivity contribution in [3.05, 3.63) is 56.4 Å². The van der Waals surface area contributed by atoms with Crippen molar-refractivity contribution in [1.29, 1.82) is 0 Å². The van der Waals surface area contributed by atoms with E-state index < -0.39 is 5.97 Å². The van der Waals surface area contributed by atoms with Crippen molar-refractivity contribution in [3.63, 3.8) is 0 Å². The highest BCUT2D eigenvalue weighted by Crippen LogP contribution is 2.27. The number of carbonyl (C=O) groups is 1. The predicted molar refractivity (Wildman–Crippen MR) is 106 cm³/mol. The summed E-state index contributed by atoms with van der Waals surface area (Å²) < 4.78 is 10.0. The summed E-state index contributed by atoms with van der Waals surface area (Å²) in [7, 11) is 1.54. The topological polar surface area (TPSA) is 93.3 Å². The Morgan fingerprint density at radius 1 is 1.30 bits per heavy atom. The Morgan fingerprint density at radius 2 is 2.11 bits per heavy atom. The van der Waals surface area contributed by atoms with Crippen molar-refractivity contribution in [2.75, 3.05) is 25.6 Å². The van der Waals surface area contributed by atoms with E-state index in [1.54, 1.807) is 6.92 Å². The van der Waals surface area contributed by atoms with Crippen LogP contribution in [0.25, 0.3) is 10.2 Å². The fourth-order valence-corrected chi connectivity index (χ4v) is 3.79. The van der Waals surface area contributed by atoms with E-state index in [0.717, 1.165) is 11.3 Å². The number of hydrogen-bond acceptors (Lipinski definition) is 7. The Bertz CT molecular complexity index is 1030. The molecule has 0 saturated carbocycles. The quantitative estimate of drug-likeness (QED) is 0.478. The van der Waals surface area contributed by atoms with Crippen LogP contribution in [0.3, 0.4) is 0 Å². The van der Waals surface area contributed by atoms with E-state index in [4.69, 9.17) is 9.47 Å². The molecule has 0 unspecified atom stereocenters. The van der Waals surface area contributed by atoms with E-state index in [9.17, 15) is 9.59 Å². The summed E-state index contributed by atoms with van der Waals surface area (Å²) in [5.74, 6) is 0.0425. The highest BCUT2D eigenvalue weighted by molar-refractivity contribution is 7.20. The Kier molecular flexibility index (Phi) is 5.88. The van der Waals surface area contributed by atoms with Crippen molar-refractivity contribution >= 4 is 33.2 Å². The van der Waals surface area contributed by atoms with E-state index in [2.05, 4.69) is 15.3 Å². The lowest BCUT2D eigenvalue weighted by atomic mass is 10.2. The normalized spacial score (nSPS) is 10.9. The molecule has 8 heteroatoms. The molecule has 2 aromatic heterocycles. The molecule has 0 bridgehead atoms. The molecular weight excluding hydrogens is 366 g/mol. The van der Waals surface area contributed by atoms with Gasteiger partial charge in [0.2, 0.25) is 0 Å². The summed E-state index contributed by atoms with van der Waals surface area (Å²) in [5, 5.41) is 3.67. The third-order valence-corrected chi connectivity index (χ3v) is 5.20. The zero-order chi connectivity index (χ0) is 19.4. The number of thiophene rings is 1. The average Bonchev–Trinajstić information content (AvgIpc) is 2.97. The molecule has 0 spiro atoms. The minimum Gasteiger partial charge on any atom is -0.459 e. The van der Waals surface area contributed by atoms with Crippen molar-refractivity contribution in [3.8, 4) is 0 Å². The summed E-state index contributed by atoms with van der Waals surface area (Å²) in [5.41, 5.74) is 2.42. The predicted octanol–water partition coefficient (Wildman–Crippen LogP) is 3.02. The summed E-state index contributed by atoms with van der Waals surface area (Å²) in [6.07, 6.45) is 0. The molecule has 3 aromatic rings. The van der Waals surface area contributed by atoms with Gasteiger partial charge in [-0.2, -0.15) is 0 Å². The lowest BCUT2D eigenvalue weighted by molar-refractivity contribution is 0.0393. The van der Waals surface area contributed by atoms with Crippen LogP contribution in [0, 0.1) is 13.8 Å². The number of aromatic nitrogens is 2. The lowest BCUT2D eigenvalue weighted by Gasteiger charge is -2.06. The van der Waals surface area contributed by atoms with Crippen LogP contribution in [-0.4, -0.2) is 36.3 Å². The van der Waals surface area contributed by atoms with E-state index in [-0.39, 0.29) is 12.2 Å². The van der Waals surface area contributed by atoms with Gasteiger partial charge in [0.05, 0.1) is 18.5 Å². The average molecular weight is 387 g/mol. The van der Waals surface area contributed by atoms with Crippen LogP contribution in [0.1, 0.15) is 26.6 Å². The monoisotopic (exact) mass is 387 g/mol. The van der Waals surface area contributed by atoms with E-state index in [1.807, 2.05) is 31.2 Å². The Morgan fingerprint density at radius 3 is 2.85 bits per heavy atom. The zero-order valence-corrected chi connectivity index (χ0v) is 16.2. The number of H-pyrrole nitrogens is 1. The molecule has 1 aromatic carbocycles. The molecule has 0 amide bonds. The molecule has 7 nitrogen and oxygen atoms in total. The summed E-state index contributed by atoms with van der Waals surface area (Å²) >= 11 is 1.17. The number of aryl methyl sites for hydroxylation is 2. The van der Waals surface area contributed by atoms with E-state index in [0.29, 0.717) is 39.6 Å². The Hall–Kier alpha value is -2.71. The number of benzene rings is 1. The molecule has 0 atom stereocenters. The number of nitrogens with one attached hydrogen (secondary N) is 2. The van der Waals surface area contributed by atoms with E-state index >= 15 is 0 Å². The van der Waals surface area contributed by atoms with Gasteiger partial charge in [0.25, 0.3) is 5.56 Å². The molecule has 27 heavy (non-hydrogen) atoms. The van der Waals surface area contributed by atoms with Crippen LogP contribution in [0.5, 0.6) is 0 Å². The maximum atomic E-state index is 12.5. The molecular formula is C19H21N3O4S. The van der Waals surface area contributed by atoms with Crippen LogP contribution in [0.15, 0.2) is 29.1 Å². The Balaban J connectivity index is 1.83. The molecule has 0 fully saturated rings. The summed E-state index contributed by atoms with van der Waals surface area (Å²) in [6.45, 7) is 4.60. The number of nitrogens with zero attached hydrogens (tertiary/aromatic N) is 1. The molecule has 2 heterocycles. The first-order valence-corrected chi connectivity index (χ1v) is 9.30. The minimum absolute atomic E-state index is 0.165. The highest BCUT2D eigenvalue weighted by Gasteiger charge is 2.20. The van der Waals surface area contributed by atoms with Gasteiger partial charge in [-0.1, -0.05) is 12.1 Å². The second kappa shape index (κ2) is 8.32. The van der Waals surface area contributed by atoms with Gasteiger partial charge in [-0.3, -0.25) is 4.79 Å². The van der Waals surface area contributed by atoms with Gasteiger partial charge in [-0.05, 0) is 37.1 Å². The fourth-order valence-electron chi connectivity index (χ4n) is 2.69. The first kappa shape index (κ1) is 19.1. The van der Waals surface area contributed by atoms with Crippen LogP contribution in [0.4, 0.5) is 5.69 Å². The number of rotatable bonds is 7. The third kappa shape index (κ3) is 4.35. The Labute approximate surface area is 160 Å². The van der Waals surface area contributed by atoms with Gasteiger partial charge in [0.1, 0.15) is 22.1 Å². The summed E-state index contributed by atoms with van der Waals surface area (Å²) in [4.78, 5) is 32.9. The van der Waals surface area contributed by atoms with Gasteiger partial charge in [0.15, 0.2) is 0 Å². The standard InChI is InChI=1S/C19H21N3O4S/c1-11-5-4-6-13(9-11)20-10-14-21-17(23)15-12(2)16(27-18(15)22-14)19(24)26-8-7-25-3/h4-6,9,20H,7-8,10H2,1-3H3,(H,21,22,23). The number of hydrogen-bond donors (Lipinski definition) is 2. The van der Waals surface area contributed by atoms with Crippen LogP contribution < -0.4 is 10.9 Å². The van der Waals surface area contributed by atoms with Crippen LogP contribution in [-0.2, 0) is 16.0 Å². The van der Waals surface area contributed by atoms with Gasteiger partial charge >= 0.3 is 5.97 Å². The number of carbonyl (C=O) groups excluding carboxylic acids is 1. The SMILES string of the molecule is COCCOC(=O)c1sc2nc(CNc3cccc(C)c3)[nH]c(=O)c2c1C. The molecule has 0 aliphatic rings. The van der Waals surface area contributed by atoms with Crippen molar-refractivity contribution in [2.24, 2.45) is 0 Å². The number of esters is 1. The lowest BCUT2D eigenvalue weighted by Crippen LogP contribution is -2.14. The summed E-state index contributed by atoms with van der Waals surface area (Å²) in [6, 6.07) is 7.94. The minimum atomic E-state index is -0.466. The maximum Gasteiger partial charge on any atom is 0.348 e. The number of anilines is 1. The molecule has 142 valence electrons. The van der Waals surface area contributed by atoms with Gasteiger partial charge in [-0.15, -0.1) is 11.3 Å². The van der Waals surface area contributed by atoms with Crippen LogP contribution in [0.2, 0.25) is 0 Å².